The summed E-state index contributed by atoms with van der Waals surface area (Å²) in [5.41, 5.74) is 6.10. The summed E-state index contributed by atoms with van der Waals surface area (Å²) in [5.74, 6) is 0. The molecule has 2 aromatic rings. The van der Waals surface area contributed by atoms with E-state index < -0.39 is 10.0 Å². The molecule has 0 aromatic heterocycles. The van der Waals surface area contributed by atoms with Crippen molar-refractivity contribution < 1.29 is 8.42 Å². The predicted molar refractivity (Wildman–Crippen MR) is 85.8 cm³/mol. The molecule has 2 aromatic carbocycles. The van der Waals surface area contributed by atoms with Gasteiger partial charge < -0.3 is 5.73 Å². The van der Waals surface area contributed by atoms with Crippen LogP contribution in [0.15, 0.2) is 45.8 Å². The Balaban J connectivity index is 2.38. The minimum Gasteiger partial charge on any atom is -0.398 e. The van der Waals surface area contributed by atoms with Gasteiger partial charge in [0.25, 0.3) is 10.0 Å². The van der Waals surface area contributed by atoms with Gasteiger partial charge in [-0.1, -0.05) is 23.2 Å². The number of sulfonamides is 1. The highest BCUT2D eigenvalue weighted by molar-refractivity contribution is 9.10. The van der Waals surface area contributed by atoms with Gasteiger partial charge >= 0.3 is 0 Å². The summed E-state index contributed by atoms with van der Waals surface area (Å²) >= 11 is 14.9. The number of hydrogen-bond donors (Lipinski definition) is 2. The predicted octanol–water partition coefficient (Wildman–Crippen LogP) is 4.14. The van der Waals surface area contributed by atoms with Crippen LogP contribution in [-0.2, 0) is 10.0 Å². The molecule has 0 saturated heterocycles. The first-order chi connectivity index (χ1) is 9.29. The molecule has 0 radical (unpaired) electrons. The Morgan fingerprint density at radius 2 is 1.80 bits per heavy atom. The topological polar surface area (TPSA) is 72.2 Å². The molecule has 0 unspecified atom stereocenters. The zero-order chi connectivity index (χ0) is 14.9. The third kappa shape index (κ3) is 3.38. The van der Waals surface area contributed by atoms with Gasteiger partial charge in [0.2, 0.25) is 0 Å². The molecule has 8 heteroatoms. The molecule has 0 saturated carbocycles. The number of hydrogen-bond acceptors (Lipinski definition) is 3. The van der Waals surface area contributed by atoms with Crippen LogP contribution in [0.4, 0.5) is 11.4 Å². The van der Waals surface area contributed by atoms with Crippen LogP contribution < -0.4 is 10.5 Å². The molecule has 0 fully saturated rings. The lowest BCUT2D eigenvalue weighted by Crippen LogP contribution is -2.14. The molecule has 0 bridgehead atoms. The zero-order valence-electron chi connectivity index (χ0n) is 9.90. The number of nitrogen functional groups attached to an aromatic ring is 1. The van der Waals surface area contributed by atoms with Gasteiger partial charge in [-0.2, -0.15) is 0 Å². The maximum Gasteiger partial charge on any atom is 0.263 e. The van der Waals surface area contributed by atoms with E-state index in [4.69, 9.17) is 28.9 Å². The second-order valence-corrected chi connectivity index (χ2v) is 7.27. The molecule has 20 heavy (non-hydrogen) atoms. The summed E-state index contributed by atoms with van der Waals surface area (Å²) in [4.78, 5) is -0.0408. The van der Waals surface area contributed by atoms with Crippen LogP contribution in [-0.4, -0.2) is 8.42 Å². The minimum absolute atomic E-state index is 0.0408. The summed E-state index contributed by atoms with van der Waals surface area (Å²) in [5, 5.41) is 0.766. The van der Waals surface area contributed by atoms with Gasteiger partial charge in [-0.3, -0.25) is 4.72 Å². The average molecular weight is 396 g/mol. The number of benzene rings is 2. The quantitative estimate of drug-likeness (QED) is 0.767. The second-order valence-electron chi connectivity index (χ2n) is 3.92. The van der Waals surface area contributed by atoms with Gasteiger partial charge in [-0.15, -0.1) is 0 Å². The summed E-state index contributed by atoms with van der Waals surface area (Å²) in [7, 11) is -3.80. The van der Waals surface area contributed by atoms with E-state index in [9.17, 15) is 8.42 Å². The number of nitrogens with two attached hydrogens (primary N) is 1. The zero-order valence-corrected chi connectivity index (χ0v) is 13.8. The Kier molecular flexibility index (Phi) is 4.49. The molecule has 4 nitrogen and oxygen atoms in total. The van der Waals surface area contributed by atoms with E-state index in [1.807, 2.05) is 0 Å². The Morgan fingerprint density at radius 1 is 1.10 bits per heavy atom. The first-order valence-electron chi connectivity index (χ1n) is 5.32. The third-order valence-corrected chi connectivity index (χ3v) is 5.36. The molecule has 0 aliphatic carbocycles. The molecule has 3 N–H and O–H groups in total. The van der Waals surface area contributed by atoms with Gasteiger partial charge in [0.1, 0.15) is 4.90 Å². The van der Waals surface area contributed by atoms with Crippen LogP contribution in [0.25, 0.3) is 0 Å². The molecule has 0 amide bonds. The molecular formula is C12H9BrCl2N2O2S. The molecular weight excluding hydrogens is 387 g/mol. The molecule has 2 rings (SSSR count). The van der Waals surface area contributed by atoms with Crippen LogP contribution >= 0.6 is 39.1 Å². The van der Waals surface area contributed by atoms with Crippen molar-refractivity contribution >= 4 is 60.5 Å². The van der Waals surface area contributed by atoms with Gasteiger partial charge in [0, 0.05) is 9.50 Å². The number of rotatable bonds is 3. The number of anilines is 2. The van der Waals surface area contributed by atoms with Crippen molar-refractivity contribution in [3.05, 3.63) is 50.9 Å². The molecule has 0 aliphatic heterocycles. The first-order valence-corrected chi connectivity index (χ1v) is 8.36. The first kappa shape index (κ1) is 15.4. The third-order valence-electron chi connectivity index (χ3n) is 2.43. The highest BCUT2D eigenvalue weighted by Gasteiger charge is 2.18. The summed E-state index contributed by atoms with van der Waals surface area (Å²) in [6.45, 7) is 0. The molecule has 0 spiro atoms. The van der Waals surface area contributed by atoms with Crippen molar-refractivity contribution in [3.63, 3.8) is 0 Å². The van der Waals surface area contributed by atoms with Gasteiger partial charge in [-0.25, -0.2) is 8.42 Å². The van der Waals surface area contributed by atoms with Crippen molar-refractivity contribution in [2.24, 2.45) is 0 Å². The van der Waals surface area contributed by atoms with Crippen molar-refractivity contribution in [2.45, 2.75) is 4.90 Å². The summed E-state index contributed by atoms with van der Waals surface area (Å²) in [6.07, 6.45) is 0. The van der Waals surface area contributed by atoms with Crippen LogP contribution in [0.3, 0.4) is 0 Å². The van der Waals surface area contributed by atoms with Crippen molar-refractivity contribution in [2.75, 3.05) is 10.5 Å². The molecule has 0 atom stereocenters. The summed E-state index contributed by atoms with van der Waals surface area (Å²) < 4.78 is 27.6. The lowest BCUT2D eigenvalue weighted by Gasteiger charge is -2.11. The molecule has 106 valence electrons. The standard InChI is InChI=1S/C12H9BrCl2N2O2S/c13-9-3-2-8(6-10(9)15)17-20(18,19)12-4-1-7(14)5-11(12)16/h1-6,17H,16H2. The van der Waals surface area contributed by atoms with Crippen LogP contribution in [0.2, 0.25) is 10.0 Å². The highest BCUT2D eigenvalue weighted by atomic mass is 79.9. The second kappa shape index (κ2) is 5.81. The Morgan fingerprint density at radius 3 is 2.40 bits per heavy atom. The Bertz CT molecular complexity index is 766. The van der Waals surface area contributed by atoms with E-state index in [1.54, 1.807) is 12.1 Å². The molecule has 0 heterocycles. The van der Waals surface area contributed by atoms with E-state index in [1.165, 1.54) is 24.3 Å². The van der Waals surface area contributed by atoms with Crippen molar-refractivity contribution in [3.8, 4) is 0 Å². The fraction of sp³-hybridized carbons (Fsp3) is 0. The minimum atomic E-state index is -3.80. The van der Waals surface area contributed by atoms with Crippen LogP contribution in [0, 0.1) is 0 Å². The normalized spacial score (nSPS) is 11.3. The van der Waals surface area contributed by atoms with E-state index >= 15 is 0 Å². The fourth-order valence-electron chi connectivity index (χ4n) is 1.53. The highest BCUT2D eigenvalue weighted by Crippen LogP contribution is 2.28. The Hall–Kier alpha value is -0.950. The largest absolute Gasteiger partial charge is 0.398 e. The maximum atomic E-state index is 12.2. The average Bonchev–Trinajstić information content (AvgIpc) is 2.33. The van der Waals surface area contributed by atoms with E-state index in [2.05, 4.69) is 20.7 Å². The number of nitrogens with one attached hydrogen (secondary N) is 1. The lowest BCUT2D eigenvalue weighted by atomic mass is 10.3. The molecule has 0 aliphatic rings. The smallest absolute Gasteiger partial charge is 0.263 e. The fourth-order valence-corrected chi connectivity index (χ4v) is 3.31. The van der Waals surface area contributed by atoms with E-state index in [0.29, 0.717) is 20.2 Å². The monoisotopic (exact) mass is 394 g/mol. The van der Waals surface area contributed by atoms with E-state index in [0.717, 1.165) is 0 Å². The van der Waals surface area contributed by atoms with Crippen LogP contribution in [0.5, 0.6) is 0 Å². The summed E-state index contributed by atoms with van der Waals surface area (Å²) in [6, 6.07) is 8.91. The van der Waals surface area contributed by atoms with E-state index in [-0.39, 0.29) is 10.6 Å². The van der Waals surface area contributed by atoms with Crippen LogP contribution in [0.1, 0.15) is 0 Å². The lowest BCUT2D eigenvalue weighted by molar-refractivity contribution is 0.601. The van der Waals surface area contributed by atoms with Gasteiger partial charge in [-0.05, 0) is 52.3 Å². The van der Waals surface area contributed by atoms with Crippen molar-refractivity contribution in [1.82, 2.24) is 0 Å². The van der Waals surface area contributed by atoms with Gasteiger partial charge in [0.15, 0.2) is 0 Å². The number of halogens is 3. The van der Waals surface area contributed by atoms with Gasteiger partial charge in [0.05, 0.1) is 16.4 Å². The SMILES string of the molecule is Nc1cc(Cl)ccc1S(=O)(=O)Nc1ccc(Br)c(Cl)c1. The Labute approximate surface area is 135 Å². The van der Waals surface area contributed by atoms with Crippen molar-refractivity contribution in [1.29, 1.82) is 0 Å². The maximum absolute atomic E-state index is 12.2.